The highest BCUT2D eigenvalue weighted by Gasteiger charge is 2.31. The third-order valence-electron chi connectivity index (χ3n) is 4.17. The van der Waals surface area contributed by atoms with Crippen molar-refractivity contribution in [2.45, 2.75) is 12.1 Å². The molecule has 1 unspecified atom stereocenters. The highest BCUT2D eigenvalue weighted by molar-refractivity contribution is 6.30. The van der Waals surface area contributed by atoms with Crippen LogP contribution in [-0.4, -0.2) is 11.7 Å². The topological polar surface area (TPSA) is 32.3 Å². The van der Waals surface area contributed by atoms with Crippen LogP contribution < -0.4 is 5.32 Å². The van der Waals surface area contributed by atoms with Gasteiger partial charge in [-0.05, 0) is 41.0 Å². The summed E-state index contributed by atoms with van der Waals surface area (Å²) in [6.07, 6.45) is 0. The van der Waals surface area contributed by atoms with Gasteiger partial charge in [0.15, 0.2) is 0 Å². The van der Waals surface area contributed by atoms with Crippen molar-refractivity contribution in [3.8, 4) is 0 Å². The quantitative estimate of drug-likeness (QED) is 0.682. The molecule has 0 fully saturated rings. The van der Waals surface area contributed by atoms with E-state index in [1.54, 1.807) is 12.1 Å². The molecular weight excluding hydrogens is 337 g/mol. The summed E-state index contributed by atoms with van der Waals surface area (Å²) in [5.41, 5.74) is 1.16. The normalized spacial score (nSPS) is 13.4. The van der Waals surface area contributed by atoms with Gasteiger partial charge in [0.2, 0.25) is 0 Å². The second kappa shape index (κ2) is 7.79. The van der Waals surface area contributed by atoms with Crippen LogP contribution in [0.2, 0.25) is 5.02 Å². The second-order valence-corrected chi connectivity index (χ2v) is 6.40. The van der Waals surface area contributed by atoms with E-state index in [9.17, 15) is 9.50 Å². The lowest BCUT2D eigenvalue weighted by Gasteiger charge is -2.30. The van der Waals surface area contributed by atoms with E-state index in [2.05, 4.69) is 5.32 Å². The van der Waals surface area contributed by atoms with Gasteiger partial charge in [-0.3, -0.25) is 0 Å². The Morgan fingerprint density at radius 2 is 1.56 bits per heavy atom. The molecule has 3 aromatic rings. The summed E-state index contributed by atoms with van der Waals surface area (Å²) < 4.78 is 13.3. The Hall–Kier alpha value is -2.20. The van der Waals surface area contributed by atoms with Crippen molar-refractivity contribution >= 4 is 11.6 Å². The molecule has 0 radical (unpaired) electrons. The van der Waals surface area contributed by atoms with E-state index < -0.39 is 5.60 Å². The number of hydrogen-bond acceptors (Lipinski definition) is 2. The van der Waals surface area contributed by atoms with Gasteiger partial charge >= 0.3 is 0 Å². The smallest absolute Gasteiger partial charge is 0.127 e. The standard InChI is InChI=1S/C21H19ClFNO/c22-19-8-4-5-16(13-19)14-24-15-21(25,17-6-2-1-3-7-17)18-9-11-20(23)12-10-18/h1-13,24-25H,14-15H2. The molecule has 3 aromatic carbocycles. The zero-order valence-corrected chi connectivity index (χ0v) is 14.4. The Bertz CT molecular complexity index is 823. The van der Waals surface area contributed by atoms with Crippen LogP contribution in [0, 0.1) is 5.82 Å². The van der Waals surface area contributed by atoms with Crippen LogP contribution in [0.15, 0.2) is 78.9 Å². The van der Waals surface area contributed by atoms with Crippen molar-refractivity contribution in [2.24, 2.45) is 0 Å². The maximum Gasteiger partial charge on any atom is 0.127 e. The maximum atomic E-state index is 13.3. The Labute approximate surface area is 151 Å². The molecule has 0 aliphatic rings. The minimum atomic E-state index is -1.26. The van der Waals surface area contributed by atoms with Gasteiger partial charge in [0.25, 0.3) is 0 Å². The summed E-state index contributed by atoms with van der Waals surface area (Å²) >= 11 is 6.01. The Balaban J connectivity index is 1.83. The molecule has 0 aromatic heterocycles. The zero-order chi connectivity index (χ0) is 17.7. The molecule has 0 saturated heterocycles. The van der Waals surface area contributed by atoms with Gasteiger partial charge in [0, 0.05) is 18.1 Å². The van der Waals surface area contributed by atoms with Crippen molar-refractivity contribution in [1.82, 2.24) is 5.32 Å². The number of benzene rings is 3. The highest BCUT2D eigenvalue weighted by atomic mass is 35.5. The van der Waals surface area contributed by atoms with Crippen LogP contribution in [-0.2, 0) is 12.1 Å². The van der Waals surface area contributed by atoms with Crippen molar-refractivity contribution in [3.63, 3.8) is 0 Å². The lowest BCUT2D eigenvalue weighted by Crippen LogP contribution is -2.39. The molecule has 4 heteroatoms. The van der Waals surface area contributed by atoms with Crippen molar-refractivity contribution in [3.05, 3.63) is 106 Å². The van der Waals surface area contributed by atoms with Gasteiger partial charge in [-0.1, -0.05) is 66.2 Å². The summed E-state index contributed by atoms with van der Waals surface area (Å²) in [5, 5.41) is 15.3. The summed E-state index contributed by atoms with van der Waals surface area (Å²) in [6, 6.07) is 22.9. The molecule has 25 heavy (non-hydrogen) atoms. The lowest BCUT2D eigenvalue weighted by molar-refractivity contribution is 0.0795. The first-order valence-electron chi connectivity index (χ1n) is 8.07. The third-order valence-corrected chi connectivity index (χ3v) is 4.41. The molecule has 0 heterocycles. The number of rotatable bonds is 6. The van der Waals surface area contributed by atoms with E-state index >= 15 is 0 Å². The van der Waals surface area contributed by atoms with Gasteiger partial charge < -0.3 is 10.4 Å². The first-order valence-corrected chi connectivity index (χ1v) is 8.45. The molecule has 0 aliphatic carbocycles. The monoisotopic (exact) mass is 355 g/mol. The van der Waals surface area contributed by atoms with Gasteiger partial charge in [0.1, 0.15) is 11.4 Å². The minimum Gasteiger partial charge on any atom is -0.379 e. The third kappa shape index (κ3) is 4.26. The SMILES string of the molecule is OC(CNCc1cccc(Cl)c1)(c1ccccc1)c1ccc(F)cc1. The van der Waals surface area contributed by atoms with E-state index in [4.69, 9.17) is 11.6 Å². The molecule has 0 amide bonds. The fourth-order valence-electron chi connectivity index (χ4n) is 2.84. The fraction of sp³-hybridized carbons (Fsp3) is 0.143. The highest BCUT2D eigenvalue weighted by Crippen LogP contribution is 2.29. The van der Waals surface area contributed by atoms with E-state index in [-0.39, 0.29) is 12.4 Å². The lowest BCUT2D eigenvalue weighted by atomic mass is 9.86. The van der Waals surface area contributed by atoms with Crippen LogP contribution in [0.5, 0.6) is 0 Å². The van der Waals surface area contributed by atoms with Crippen LogP contribution in [0.25, 0.3) is 0 Å². The van der Waals surface area contributed by atoms with Crippen molar-refractivity contribution < 1.29 is 9.50 Å². The Morgan fingerprint density at radius 3 is 2.24 bits per heavy atom. The summed E-state index contributed by atoms with van der Waals surface area (Å²) in [7, 11) is 0. The van der Waals surface area contributed by atoms with Crippen molar-refractivity contribution in [1.29, 1.82) is 0 Å². The molecule has 128 valence electrons. The van der Waals surface area contributed by atoms with Gasteiger partial charge in [-0.2, -0.15) is 0 Å². The van der Waals surface area contributed by atoms with E-state index in [1.165, 1.54) is 12.1 Å². The number of halogens is 2. The molecule has 0 aliphatic heterocycles. The van der Waals surface area contributed by atoms with Gasteiger partial charge in [-0.15, -0.1) is 0 Å². The zero-order valence-electron chi connectivity index (χ0n) is 13.6. The van der Waals surface area contributed by atoms with E-state index in [0.29, 0.717) is 17.1 Å². The van der Waals surface area contributed by atoms with Crippen LogP contribution in [0.3, 0.4) is 0 Å². The molecule has 2 nitrogen and oxygen atoms in total. The summed E-state index contributed by atoms with van der Waals surface area (Å²) in [6.45, 7) is 0.853. The first-order chi connectivity index (χ1) is 12.1. The minimum absolute atomic E-state index is 0.287. The number of hydrogen-bond donors (Lipinski definition) is 2. The summed E-state index contributed by atoms with van der Waals surface area (Å²) in [5.74, 6) is -0.328. The molecule has 3 rings (SSSR count). The molecule has 2 N–H and O–H groups in total. The van der Waals surface area contributed by atoms with Gasteiger partial charge in [0.05, 0.1) is 0 Å². The largest absolute Gasteiger partial charge is 0.379 e. The Kier molecular flexibility index (Phi) is 5.49. The summed E-state index contributed by atoms with van der Waals surface area (Å²) in [4.78, 5) is 0. The van der Waals surface area contributed by atoms with Gasteiger partial charge in [-0.25, -0.2) is 4.39 Å². The van der Waals surface area contributed by atoms with E-state index in [0.717, 1.165) is 11.1 Å². The van der Waals surface area contributed by atoms with E-state index in [1.807, 2.05) is 54.6 Å². The molecule has 0 bridgehead atoms. The van der Waals surface area contributed by atoms with Crippen LogP contribution >= 0.6 is 11.6 Å². The maximum absolute atomic E-state index is 13.3. The van der Waals surface area contributed by atoms with Crippen LogP contribution in [0.4, 0.5) is 4.39 Å². The number of nitrogens with one attached hydrogen (secondary N) is 1. The molecule has 0 spiro atoms. The fourth-order valence-corrected chi connectivity index (χ4v) is 3.06. The van der Waals surface area contributed by atoms with Crippen LogP contribution in [0.1, 0.15) is 16.7 Å². The van der Waals surface area contributed by atoms with Crippen molar-refractivity contribution in [2.75, 3.05) is 6.54 Å². The Morgan fingerprint density at radius 1 is 0.880 bits per heavy atom. The second-order valence-electron chi connectivity index (χ2n) is 5.97. The molecular formula is C21H19ClFNO. The average Bonchev–Trinajstić information content (AvgIpc) is 2.63. The predicted octanol–water partition coefficient (Wildman–Crippen LogP) is 4.50. The number of aliphatic hydroxyl groups is 1. The average molecular weight is 356 g/mol. The predicted molar refractivity (Wildman–Crippen MR) is 99.0 cm³/mol. The molecule has 0 saturated carbocycles. The molecule has 1 atom stereocenters. The first kappa shape index (κ1) is 17.6.